The van der Waals surface area contributed by atoms with Gasteiger partial charge < -0.3 is 0 Å². The number of aryl methyl sites for hydroxylation is 1. The predicted octanol–water partition coefficient (Wildman–Crippen LogP) is 2.44. The first-order valence-corrected chi connectivity index (χ1v) is 4.95. The van der Waals surface area contributed by atoms with Crippen molar-refractivity contribution in [2.75, 3.05) is 0 Å². The van der Waals surface area contributed by atoms with Gasteiger partial charge >= 0.3 is 0 Å². The molecule has 1 aromatic rings. The fourth-order valence-electron chi connectivity index (χ4n) is 0.964. The standard InChI is InChI=1S/C10H11NOS/c1-3-4-5-6-9(12)10-7-11-8(2)13-10/h1,7H,4-6H2,2H3. The maximum atomic E-state index is 11.4. The number of carbonyl (C=O) groups excluding carboxylic acids is 1. The van der Waals surface area contributed by atoms with Crippen LogP contribution in [-0.2, 0) is 0 Å². The van der Waals surface area contributed by atoms with Crippen LogP contribution in [0.5, 0.6) is 0 Å². The summed E-state index contributed by atoms with van der Waals surface area (Å²) in [4.78, 5) is 16.2. The minimum atomic E-state index is 0.154. The zero-order valence-corrected chi connectivity index (χ0v) is 8.36. The van der Waals surface area contributed by atoms with Gasteiger partial charge in [-0.3, -0.25) is 4.79 Å². The van der Waals surface area contributed by atoms with Crippen molar-refractivity contribution in [1.29, 1.82) is 0 Å². The number of hydrogen-bond acceptors (Lipinski definition) is 3. The largest absolute Gasteiger partial charge is 0.293 e. The predicted molar refractivity (Wildman–Crippen MR) is 53.9 cm³/mol. The molecule has 0 fully saturated rings. The quantitative estimate of drug-likeness (QED) is 0.417. The zero-order chi connectivity index (χ0) is 9.68. The summed E-state index contributed by atoms with van der Waals surface area (Å²) in [5.74, 6) is 2.67. The molecule has 13 heavy (non-hydrogen) atoms. The van der Waals surface area contributed by atoms with Crippen LogP contribution in [0.15, 0.2) is 6.20 Å². The van der Waals surface area contributed by atoms with Gasteiger partial charge in [-0.1, -0.05) is 0 Å². The Balaban J connectivity index is 2.45. The first kappa shape index (κ1) is 9.94. The Kier molecular flexibility index (Phi) is 3.66. The molecule has 1 rings (SSSR count). The van der Waals surface area contributed by atoms with E-state index >= 15 is 0 Å². The molecule has 0 aliphatic carbocycles. The van der Waals surface area contributed by atoms with Crippen molar-refractivity contribution < 1.29 is 4.79 Å². The van der Waals surface area contributed by atoms with Crippen molar-refractivity contribution in [3.63, 3.8) is 0 Å². The summed E-state index contributed by atoms with van der Waals surface area (Å²) in [7, 11) is 0. The first-order chi connectivity index (χ1) is 6.24. The van der Waals surface area contributed by atoms with Crippen LogP contribution in [0.3, 0.4) is 0 Å². The van der Waals surface area contributed by atoms with E-state index in [1.807, 2.05) is 6.92 Å². The Morgan fingerprint density at radius 1 is 1.77 bits per heavy atom. The molecule has 0 radical (unpaired) electrons. The number of Topliss-reactive ketones (excluding diaryl/α,β-unsaturated/α-hetero) is 1. The highest BCUT2D eigenvalue weighted by molar-refractivity contribution is 7.13. The van der Waals surface area contributed by atoms with Gasteiger partial charge in [0.05, 0.1) is 9.88 Å². The van der Waals surface area contributed by atoms with E-state index in [1.165, 1.54) is 11.3 Å². The van der Waals surface area contributed by atoms with Gasteiger partial charge in [0.15, 0.2) is 5.78 Å². The maximum Gasteiger partial charge on any atom is 0.174 e. The molecule has 0 bridgehead atoms. The van der Waals surface area contributed by atoms with Crippen LogP contribution >= 0.6 is 11.3 Å². The average molecular weight is 193 g/mol. The first-order valence-electron chi connectivity index (χ1n) is 4.13. The second-order valence-electron chi connectivity index (χ2n) is 2.72. The van der Waals surface area contributed by atoms with Gasteiger partial charge in [-0.25, -0.2) is 4.98 Å². The number of terminal acetylenes is 1. The molecule has 0 N–H and O–H groups in total. The molecule has 68 valence electrons. The van der Waals surface area contributed by atoms with Crippen molar-refractivity contribution in [3.8, 4) is 12.3 Å². The van der Waals surface area contributed by atoms with Crippen molar-refractivity contribution in [1.82, 2.24) is 4.98 Å². The van der Waals surface area contributed by atoms with Gasteiger partial charge in [0, 0.05) is 19.0 Å². The van der Waals surface area contributed by atoms with Crippen molar-refractivity contribution in [2.45, 2.75) is 26.2 Å². The van der Waals surface area contributed by atoms with Gasteiger partial charge in [0.25, 0.3) is 0 Å². The van der Waals surface area contributed by atoms with Crippen LogP contribution in [0.1, 0.15) is 33.9 Å². The van der Waals surface area contributed by atoms with Crippen LogP contribution in [0.25, 0.3) is 0 Å². The lowest BCUT2D eigenvalue weighted by Gasteiger charge is -1.92. The van der Waals surface area contributed by atoms with E-state index in [0.717, 1.165) is 16.3 Å². The third-order valence-corrected chi connectivity index (χ3v) is 2.57. The number of ketones is 1. The molecule has 2 nitrogen and oxygen atoms in total. The second kappa shape index (κ2) is 4.78. The molecule has 0 amide bonds. The smallest absolute Gasteiger partial charge is 0.174 e. The summed E-state index contributed by atoms with van der Waals surface area (Å²) in [5.41, 5.74) is 0. The Morgan fingerprint density at radius 3 is 3.08 bits per heavy atom. The van der Waals surface area contributed by atoms with E-state index in [4.69, 9.17) is 6.42 Å². The summed E-state index contributed by atoms with van der Waals surface area (Å²) < 4.78 is 0. The minimum Gasteiger partial charge on any atom is -0.293 e. The molecule has 0 saturated heterocycles. The Bertz CT molecular complexity index is 335. The number of carbonyl (C=O) groups is 1. The number of aromatic nitrogens is 1. The molecule has 0 aliphatic heterocycles. The molecule has 0 aromatic carbocycles. The average Bonchev–Trinajstić information content (AvgIpc) is 2.52. The summed E-state index contributed by atoms with van der Waals surface area (Å²) in [5, 5.41) is 0.931. The van der Waals surface area contributed by atoms with Crippen molar-refractivity contribution >= 4 is 17.1 Å². The lowest BCUT2D eigenvalue weighted by Crippen LogP contribution is -1.94. The summed E-state index contributed by atoms with van der Waals surface area (Å²) in [6, 6.07) is 0. The fourth-order valence-corrected chi connectivity index (χ4v) is 1.71. The van der Waals surface area contributed by atoms with E-state index in [2.05, 4.69) is 10.9 Å². The SMILES string of the molecule is C#CCCCC(=O)c1cnc(C)s1. The second-order valence-corrected chi connectivity index (χ2v) is 3.96. The van der Waals surface area contributed by atoms with Gasteiger partial charge in [0.1, 0.15) is 0 Å². The lowest BCUT2D eigenvalue weighted by atomic mass is 10.2. The Labute approximate surface area is 82.0 Å². The molecule has 0 saturated carbocycles. The summed E-state index contributed by atoms with van der Waals surface area (Å²) >= 11 is 1.44. The molecule has 0 atom stereocenters. The number of thiazole rings is 1. The summed E-state index contributed by atoms with van der Waals surface area (Å²) in [6.07, 6.45) is 8.70. The molecular weight excluding hydrogens is 182 g/mol. The molecule has 0 unspecified atom stereocenters. The number of unbranched alkanes of at least 4 members (excludes halogenated alkanes) is 1. The van der Waals surface area contributed by atoms with Crippen molar-refractivity contribution in [3.05, 3.63) is 16.1 Å². The molecular formula is C10H11NOS. The monoisotopic (exact) mass is 193 g/mol. The van der Waals surface area contributed by atoms with Gasteiger partial charge in [0.2, 0.25) is 0 Å². The van der Waals surface area contributed by atoms with E-state index in [0.29, 0.717) is 12.8 Å². The number of nitrogens with zero attached hydrogens (tertiary/aromatic N) is 1. The lowest BCUT2D eigenvalue weighted by molar-refractivity contribution is 0.0984. The van der Waals surface area contributed by atoms with E-state index in [9.17, 15) is 4.79 Å². The van der Waals surface area contributed by atoms with Crippen LogP contribution in [0.2, 0.25) is 0 Å². The van der Waals surface area contributed by atoms with E-state index < -0.39 is 0 Å². The van der Waals surface area contributed by atoms with Gasteiger partial charge in [-0.2, -0.15) is 0 Å². The third-order valence-electron chi connectivity index (χ3n) is 1.62. The van der Waals surface area contributed by atoms with Crippen LogP contribution < -0.4 is 0 Å². The van der Waals surface area contributed by atoms with Gasteiger partial charge in [-0.05, 0) is 13.3 Å². The van der Waals surface area contributed by atoms with E-state index in [-0.39, 0.29) is 5.78 Å². The molecule has 1 heterocycles. The number of rotatable bonds is 4. The zero-order valence-electron chi connectivity index (χ0n) is 7.54. The molecule has 3 heteroatoms. The fraction of sp³-hybridized carbons (Fsp3) is 0.400. The number of hydrogen-bond donors (Lipinski definition) is 0. The third kappa shape index (κ3) is 3.00. The highest BCUT2D eigenvalue weighted by Crippen LogP contribution is 2.14. The highest BCUT2D eigenvalue weighted by atomic mass is 32.1. The topological polar surface area (TPSA) is 30.0 Å². The summed E-state index contributed by atoms with van der Waals surface area (Å²) in [6.45, 7) is 1.89. The Hall–Kier alpha value is -1.14. The highest BCUT2D eigenvalue weighted by Gasteiger charge is 2.07. The molecule has 1 aromatic heterocycles. The van der Waals surface area contributed by atoms with Crippen molar-refractivity contribution in [2.24, 2.45) is 0 Å². The normalized spacial score (nSPS) is 9.54. The maximum absolute atomic E-state index is 11.4. The Morgan fingerprint density at radius 2 is 2.54 bits per heavy atom. The van der Waals surface area contributed by atoms with Crippen LogP contribution in [0.4, 0.5) is 0 Å². The van der Waals surface area contributed by atoms with Crippen LogP contribution in [-0.4, -0.2) is 10.8 Å². The van der Waals surface area contributed by atoms with E-state index in [1.54, 1.807) is 6.20 Å². The van der Waals surface area contributed by atoms with Crippen LogP contribution in [0, 0.1) is 19.3 Å². The molecule has 0 aliphatic rings. The minimum absolute atomic E-state index is 0.154. The molecule has 0 spiro atoms. The van der Waals surface area contributed by atoms with Gasteiger partial charge in [-0.15, -0.1) is 23.7 Å².